The van der Waals surface area contributed by atoms with Gasteiger partial charge in [-0.25, -0.2) is 4.98 Å². The van der Waals surface area contributed by atoms with Crippen molar-refractivity contribution >= 4 is 22.7 Å². The van der Waals surface area contributed by atoms with Gasteiger partial charge in [0.1, 0.15) is 11.1 Å². The van der Waals surface area contributed by atoms with Gasteiger partial charge in [0.15, 0.2) is 0 Å². The fourth-order valence-electron chi connectivity index (χ4n) is 1.84. The Morgan fingerprint density at radius 1 is 1.47 bits per heavy atom. The molecule has 104 valence electrons. The van der Waals surface area contributed by atoms with E-state index in [-0.39, 0.29) is 11.0 Å². The van der Waals surface area contributed by atoms with E-state index in [0.29, 0.717) is 13.2 Å². The quantitative estimate of drug-likeness (QED) is 0.852. The van der Waals surface area contributed by atoms with E-state index < -0.39 is 0 Å². The highest BCUT2D eigenvalue weighted by atomic mass is 32.1. The van der Waals surface area contributed by atoms with Crippen LogP contribution in [0.2, 0.25) is 0 Å². The molecule has 0 aliphatic carbocycles. The monoisotopic (exact) mass is 298 g/mol. The van der Waals surface area contributed by atoms with Gasteiger partial charge in [-0.2, -0.15) is 0 Å². The zero-order chi connectivity index (χ0) is 14.0. The Morgan fingerprint density at radius 2 is 2.21 bits per heavy atom. The first-order valence-electron chi connectivity index (χ1n) is 6.25. The van der Waals surface area contributed by atoms with E-state index in [0.717, 1.165) is 21.3 Å². The Morgan fingerprint density at radius 3 is 2.79 bits per heavy atom. The van der Waals surface area contributed by atoms with Crippen LogP contribution >= 0.6 is 22.7 Å². The number of aromatic nitrogens is 2. The van der Waals surface area contributed by atoms with Crippen LogP contribution in [0.25, 0.3) is 0 Å². The van der Waals surface area contributed by atoms with E-state index in [1.54, 1.807) is 15.9 Å². The number of rotatable bonds is 5. The highest BCUT2D eigenvalue weighted by Gasteiger charge is 2.13. The summed E-state index contributed by atoms with van der Waals surface area (Å²) in [5, 5.41) is 2.97. The maximum atomic E-state index is 11.8. The third-order valence-corrected chi connectivity index (χ3v) is 5.08. The standard InChI is InChI=1S/C13H18N2O2S2/c1-5-17-9(3)12-14-11(7-18-12)6-15-8(2)10(4)19-13(15)16/h7,9H,5-6H2,1-4H3/t9-/m0/s1. The molecule has 0 aliphatic rings. The van der Waals surface area contributed by atoms with Crippen LogP contribution in [-0.4, -0.2) is 16.2 Å². The molecular formula is C13H18N2O2S2. The summed E-state index contributed by atoms with van der Waals surface area (Å²) in [6.45, 7) is 9.15. The second-order valence-electron chi connectivity index (χ2n) is 4.37. The van der Waals surface area contributed by atoms with Gasteiger partial charge in [-0.3, -0.25) is 9.36 Å². The summed E-state index contributed by atoms with van der Waals surface area (Å²) in [4.78, 5) is 17.6. The van der Waals surface area contributed by atoms with Crippen LogP contribution in [-0.2, 0) is 11.3 Å². The number of nitrogens with zero attached hydrogens (tertiary/aromatic N) is 2. The van der Waals surface area contributed by atoms with E-state index in [4.69, 9.17) is 4.74 Å². The molecule has 0 fully saturated rings. The van der Waals surface area contributed by atoms with E-state index in [2.05, 4.69) is 4.98 Å². The van der Waals surface area contributed by atoms with Gasteiger partial charge in [-0.05, 0) is 27.7 Å². The molecule has 0 spiro atoms. The summed E-state index contributed by atoms with van der Waals surface area (Å²) in [7, 11) is 0. The number of aryl methyl sites for hydroxylation is 1. The van der Waals surface area contributed by atoms with Crippen molar-refractivity contribution in [2.75, 3.05) is 6.61 Å². The minimum atomic E-state index is 0.0192. The molecule has 0 unspecified atom stereocenters. The van der Waals surface area contributed by atoms with Crippen molar-refractivity contribution < 1.29 is 4.74 Å². The first-order chi connectivity index (χ1) is 9.02. The lowest BCUT2D eigenvalue weighted by atomic mass is 10.4. The van der Waals surface area contributed by atoms with E-state index in [1.165, 1.54) is 11.3 Å². The molecule has 1 atom stereocenters. The maximum Gasteiger partial charge on any atom is 0.307 e. The molecule has 0 radical (unpaired) electrons. The highest BCUT2D eigenvalue weighted by molar-refractivity contribution is 7.09. The maximum absolute atomic E-state index is 11.8. The van der Waals surface area contributed by atoms with Gasteiger partial charge < -0.3 is 4.74 Å². The van der Waals surface area contributed by atoms with Crippen molar-refractivity contribution in [3.8, 4) is 0 Å². The van der Waals surface area contributed by atoms with E-state index >= 15 is 0 Å². The summed E-state index contributed by atoms with van der Waals surface area (Å²) in [5.74, 6) is 0. The lowest BCUT2D eigenvalue weighted by Gasteiger charge is -2.07. The molecule has 19 heavy (non-hydrogen) atoms. The second-order valence-corrected chi connectivity index (χ2v) is 6.43. The second kappa shape index (κ2) is 5.98. The predicted molar refractivity (Wildman–Crippen MR) is 79.3 cm³/mol. The molecule has 0 bridgehead atoms. The van der Waals surface area contributed by atoms with Crippen molar-refractivity contribution in [2.24, 2.45) is 0 Å². The average molecular weight is 298 g/mol. The van der Waals surface area contributed by atoms with Crippen LogP contribution < -0.4 is 4.87 Å². The predicted octanol–water partition coefficient (Wildman–Crippen LogP) is 3.13. The zero-order valence-corrected chi connectivity index (χ0v) is 13.2. The minimum Gasteiger partial charge on any atom is -0.372 e. The summed E-state index contributed by atoms with van der Waals surface area (Å²) >= 11 is 2.88. The molecule has 6 heteroatoms. The number of hydrogen-bond acceptors (Lipinski definition) is 5. The molecule has 0 N–H and O–H groups in total. The third-order valence-electron chi connectivity index (χ3n) is 3.03. The molecule has 2 aromatic rings. The van der Waals surface area contributed by atoms with Crippen LogP contribution in [0.3, 0.4) is 0 Å². The fraction of sp³-hybridized carbons (Fsp3) is 0.538. The number of ether oxygens (including phenoxy) is 1. The summed E-state index contributed by atoms with van der Waals surface area (Å²) in [6.07, 6.45) is 0.0192. The normalized spacial score (nSPS) is 12.8. The minimum absolute atomic E-state index is 0.0192. The van der Waals surface area contributed by atoms with Gasteiger partial charge in [-0.1, -0.05) is 11.3 Å². The summed E-state index contributed by atoms with van der Waals surface area (Å²) in [6, 6.07) is 0. The van der Waals surface area contributed by atoms with Crippen molar-refractivity contribution in [2.45, 2.75) is 40.3 Å². The Labute approximate surface area is 120 Å². The van der Waals surface area contributed by atoms with Gasteiger partial charge in [0.25, 0.3) is 0 Å². The van der Waals surface area contributed by atoms with Gasteiger partial charge in [-0.15, -0.1) is 11.3 Å². The van der Waals surface area contributed by atoms with Gasteiger partial charge in [0.2, 0.25) is 0 Å². The molecule has 2 rings (SSSR count). The van der Waals surface area contributed by atoms with Crippen molar-refractivity contribution in [1.29, 1.82) is 0 Å². The van der Waals surface area contributed by atoms with Crippen molar-refractivity contribution in [3.63, 3.8) is 0 Å². The van der Waals surface area contributed by atoms with Crippen LogP contribution in [0.1, 0.15) is 41.2 Å². The smallest absolute Gasteiger partial charge is 0.307 e. The molecular weight excluding hydrogens is 280 g/mol. The van der Waals surface area contributed by atoms with Crippen LogP contribution in [0.4, 0.5) is 0 Å². The molecule has 0 amide bonds. The number of hydrogen-bond donors (Lipinski definition) is 0. The average Bonchev–Trinajstić information content (AvgIpc) is 2.91. The first-order valence-corrected chi connectivity index (χ1v) is 7.95. The van der Waals surface area contributed by atoms with Gasteiger partial charge in [0.05, 0.1) is 12.2 Å². The van der Waals surface area contributed by atoms with Crippen LogP contribution in [0.15, 0.2) is 10.2 Å². The lowest BCUT2D eigenvalue weighted by Crippen LogP contribution is -2.15. The summed E-state index contributed by atoms with van der Waals surface area (Å²) in [5.41, 5.74) is 1.96. The van der Waals surface area contributed by atoms with Gasteiger partial charge >= 0.3 is 4.87 Å². The lowest BCUT2D eigenvalue weighted by molar-refractivity contribution is 0.0761. The Kier molecular flexibility index (Phi) is 4.54. The molecule has 0 saturated carbocycles. The van der Waals surface area contributed by atoms with E-state index in [1.807, 2.05) is 33.1 Å². The largest absolute Gasteiger partial charge is 0.372 e. The Balaban J connectivity index is 2.18. The SMILES string of the molecule is CCO[C@@H](C)c1nc(Cn2c(C)c(C)sc2=O)cs1. The van der Waals surface area contributed by atoms with E-state index in [9.17, 15) is 4.79 Å². The van der Waals surface area contributed by atoms with Crippen LogP contribution in [0, 0.1) is 13.8 Å². The first kappa shape index (κ1) is 14.4. The van der Waals surface area contributed by atoms with Crippen molar-refractivity contribution in [3.05, 3.63) is 36.3 Å². The number of thiazole rings is 2. The Hall–Kier alpha value is -0.980. The van der Waals surface area contributed by atoms with Gasteiger partial charge in [0, 0.05) is 22.6 Å². The molecule has 4 nitrogen and oxygen atoms in total. The molecule has 0 aliphatic heterocycles. The molecule has 0 saturated heterocycles. The molecule has 2 aromatic heterocycles. The molecule has 2 heterocycles. The zero-order valence-electron chi connectivity index (χ0n) is 11.6. The molecule has 0 aromatic carbocycles. The van der Waals surface area contributed by atoms with Crippen molar-refractivity contribution in [1.82, 2.24) is 9.55 Å². The third kappa shape index (κ3) is 3.13. The highest BCUT2D eigenvalue weighted by Crippen LogP contribution is 2.22. The summed E-state index contributed by atoms with van der Waals surface area (Å²) < 4.78 is 7.31. The Bertz CT molecular complexity index is 612. The van der Waals surface area contributed by atoms with Crippen LogP contribution in [0.5, 0.6) is 0 Å². The fourth-order valence-corrected chi connectivity index (χ4v) is 3.48. The topological polar surface area (TPSA) is 44.1 Å².